The molecule has 0 atom stereocenters. The minimum absolute atomic E-state index is 0.223. The fraction of sp³-hybridized carbons (Fsp3) is 0.167. The third-order valence-corrected chi connectivity index (χ3v) is 2.26. The van der Waals surface area contributed by atoms with Gasteiger partial charge in [-0.15, -0.1) is 5.10 Å². The highest BCUT2D eigenvalue weighted by atomic mass is 19.4. The van der Waals surface area contributed by atoms with Gasteiger partial charge in [0.15, 0.2) is 5.82 Å². The average Bonchev–Trinajstić information content (AvgIpc) is 2.31. The van der Waals surface area contributed by atoms with Crippen molar-refractivity contribution in [1.29, 1.82) is 0 Å². The van der Waals surface area contributed by atoms with Crippen molar-refractivity contribution in [2.45, 2.75) is 13.1 Å². The van der Waals surface area contributed by atoms with Crippen molar-refractivity contribution in [3.8, 4) is 0 Å². The van der Waals surface area contributed by atoms with Crippen LogP contribution in [-0.4, -0.2) is 10.2 Å². The lowest BCUT2D eigenvalue weighted by atomic mass is 10.2. The Bertz CT molecular complexity index is 538. The fourth-order valence-corrected chi connectivity index (χ4v) is 1.46. The number of halogens is 3. The van der Waals surface area contributed by atoms with Crippen molar-refractivity contribution in [3.63, 3.8) is 0 Å². The molecule has 1 aromatic carbocycles. The molecule has 0 aliphatic rings. The second kappa shape index (κ2) is 4.64. The lowest BCUT2D eigenvalue weighted by molar-refractivity contribution is -0.137. The number of anilines is 2. The molecule has 1 N–H and O–H groups in total. The molecule has 0 spiro atoms. The number of para-hydroxylation sites is 1. The zero-order valence-corrected chi connectivity index (χ0v) is 9.49. The molecule has 0 bridgehead atoms. The molecule has 2 rings (SSSR count). The van der Waals surface area contributed by atoms with Gasteiger partial charge >= 0.3 is 6.18 Å². The summed E-state index contributed by atoms with van der Waals surface area (Å²) >= 11 is 0. The molecule has 0 amide bonds. The minimum atomic E-state index is -4.46. The van der Waals surface area contributed by atoms with Gasteiger partial charge in [0.05, 0.1) is 5.69 Å². The van der Waals surface area contributed by atoms with E-state index in [1.807, 2.05) is 0 Å². The smallest absolute Gasteiger partial charge is 0.338 e. The lowest BCUT2D eigenvalue weighted by Crippen LogP contribution is -2.12. The summed E-state index contributed by atoms with van der Waals surface area (Å²) in [6, 6.07) is 9.49. The number of aryl methyl sites for hydroxylation is 1. The Morgan fingerprint density at radius 2 is 1.72 bits per heavy atom. The molecule has 0 aliphatic heterocycles. The third-order valence-electron chi connectivity index (χ3n) is 2.26. The molecule has 94 valence electrons. The summed E-state index contributed by atoms with van der Waals surface area (Å²) in [6.45, 7) is 1.47. The summed E-state index contributed by atoms with van der Waals surface area (Å²) < 4.78 is 38.5. The first-order valence-electron chi connectivity index (χ1n) is 5.20. The van der Waals surface area contributed by atoms with Crippen LogP contribution < -0.4 is 5.32 Å². The molecule has 0 fully saturated rings. The lowest BCUT2D eigenvalue weighted by Gasteiger charge is -2.13. The molecule has 1 aromatic heterocycles. The summed E-state index contributed by atoms with van der Waals surface area (Å²) in [5, 5.41) is 9.81. The second-order valence-corrected chi connectivity index (χ2v) is 3.74. The van der Waals surface area contributed by atoms with Gasteiger partial charge in [0.25, 0.3) is 0 Å². The van der Waals surface area contributed by atoms with Crippen LogP contribution in [0.4, 0.5) is 24.7 Å². The van der Waals surface area contributed by atoms with Gasteiger partial charge in [-0.3, -0.25) is 0 Å². The Kier molecular flexibility index (Phi) is 3.18. The highest BCUT2D eigenvalue weighted by molar-refractivity contribution is 5.59. The molecule has 18 heavy (non-hydrogen) atoms. The predicted octanol–water partition coefficient (Wildman–Crippen LogP) is 3.55. The Morgan fingerprint density at radius 3 is 2.33 bits per heavy atom. The highest BCUT2D eigenvalue weighted by Gasteiger charge is 2.35. The number of aromatic nitrogens is 2. The molecule has 2 aromatic rings. The molecule has 0 saturated heterocycles. The minimum Gasteiger partial charge on any atom is -0.338 e. The maximum atomic E-state index is 12.8. The van der Waals surface area contributed by atoms with E-state index < -0.39 is 11.7 Å². The van der Waals surface area contributed by atoms with Gasteiger partial charge in [-0.2, -0.15) is 18.3 Å². The monoisotopic (exact) mass is 253 g/mol. The first-order valence-corrected chi connectivity index (χ1v) is 5.20. The molecule has 0 saturated carbocycles. The fourth-order valence-electron chi connectivity index (χ4n) is 1.46. The maximum absolute atomic E-state index is 12.8. The Hall–Kier alpha value is -2.11. The van der Waals surface area contributed by atoms with E-state index in [1.165, 1.54) is 6.92 Å². The highest BCUT2D eigenvalue weighted by Crippen LogP contribution is 2.34. The van der Waals surface area contributed by atoms with Gasteiger partial charge in [0.2, 0.25) is 0 Å². The van der Waals surface area contributed by atoms with Crippen molar-refractivity contribution in [2.75, 3.05) is 5.32 Å². The van der Waals surface area contributed by atoms with Crippen molar-refractivity contribution in [3.05, 3.63) is 47.7 Å². The van der Waals surface area contributed by atoms with Crippen LogP contribution in [0.25, 0.3) is 0 Å². The van der Waals surface area contributed by atoms with Gasteiger partial charge in [-0.25, -0.2) is 0 Å². The maximum Gasteiger partial charge on any atom is 0.420 e. The Morgan fingerprint density at radius 1 is 1.06 bits per heavy atom. The third kappa shape index (κ3) is 2.77. The van der Waals surface area contributed by atoms with Gasteiger partial charge in [-0.1, -0.05) is 18.2 Å². The average molecular weight is 253 g/mol. The number of hydrogen-bond donors (Lipinski definition) is 1. The van der Waals surface area contributed by atoms with Crippen LogP contribution in [0.2, 0.25) is 0 Å². The van der Waals surface area contributed by atoms with E-state index in [2.05, 4.69) is 15.5 Å². The number of nitrogens with one attached hydrogen (secondary N) is 1. The topological polar surface area (TPSA) is 37.8 Å². The SMILES string of the molecule is Cc1cc(C(F)(F)F)c(Nc2ccccc2)nn1. The van der Waals surface area contributed by atoms with E-state index in [1.54, 1.807) is 30.3 Å². The van der Waals surface area contributed by atoms with Crippen LogP contribution in [0, 0.1) is 6.92 Å². The van der Waals surface area contributed by atoms with Crippen molar-refractivity contribution in [2.24, 2.45) is 0 Å². The quantitative estimate of drug-likeness (QED) is 0.889. The van der Waals surface area contributed by atoms with E-state index in [9.17, 15) is 13.2 Å². The van der Waals surface area contributed by atoms with Crippen molar-refractivity contribution >= 4 is 11.5 Å². The first kappa shape index (κ1) is 12.3. The van der Waals surface area contributed by atoms with Crippen molar-refractivity contribution in [1.82, 2.24) is 10.2 Å². The summed E-state index contributed by atoms with van der Waals surface area (Å²) in [5.41, 5.74) is -0.0686. The van der Waals surface area contributed by atoms with E-state index in [0.29, 0.717) is 5.69 Å². The molecule has 6 heteroatoms. The largest absolute Gasteiger partial charge is 0.420 e. The molecule has 3 nitrogen and oxygen atoms in total. The Labute approximate surface area is 102 Å². The zero-order valence-electron chi connectivity index (χ0n) is 9.49. The van der Waals surface area contributed by atoms with E-state index >= 15 is 0 Å². The van der Waals surface area contributed by atoms with Crippen LogP contribution in [0.5, 0.6) is 0 Å². The second-order valence-electron chi connectivity index (χ2n) is 3.74. The zero-order chi connectivity index (χ0) is 13.2. The standard InChI is InChI=1S/C12H10F3N3/c1-8-7-10(12(13,14)15)11(18-17-8)16-9-5-3-2-4-6-9/h2-7H,1H3,(H,16,18). The van der Waals surface area contributed by atoms with Crippen LogP contribution in [0.15, 0.2) is 36.4 Å². The number of alkyl halides is 3. The van der Waals surface area contributed by atoms with Crippen LogP contribution >= 0.6 is 0 Å². The first-order chi connectivity index (χ1) is 8.47. The van der Waals surface area contributed by atoms with Crippen molar-refractivity contribution < 1.29 is 13.2 Å². The molecule has 0 radical (unpaired) electrons. The molecular formula is C12H10F3N3. The summed E-state index contributed by atoms with van der Waals surface area (Å²) in [4.78, 5) is 0. The van der Waals surface area contributed by atoms with E-state index in [4.69, 9.17) is 0 Å². The summed E-state index contributed by atoms with van der Waals surface area (Å²) in [6.07, 6.45) is -4.46. The van der Waals surface area contributed by atoms with Gasteiger partial charge in [-0.05, 0) is 25.1 Å². The normalized spacial score (nSPS) is 11.3. The summed E-state index contributed by atoms with van der Waals surface area (Å²) in [5.74, 6) is -0.292. The number of nitrogens with zero attached hydrogens (tertiary/aromatic N) is 2. The van der Waals surface area contributed by atoms with Gasteiger partial charge < -0.3 is 5.32 Å². The molecule has 0 aliphatic carbocycles. The van der Waals surface area contributed by atoms with E-state index in [0.717, 1.165) is 6.07 Å². The molecule has 1 heterocycles. The molecule has 0 unspecified atom stereocenters. The number of rotatable bonds is 2. The van der Waals surface area contributed by atoms with Crippen LogP contribution in [-0.2, 0) is 6.18 Å². The molecular weight excluding hydrogens is 243 g/mol. The van der Waals surface area contributed by atoms with Crippen LogP contribution in [0.1, 0.15) is 11.3 Å². The van der Waals surface area contributed by atoms with E-state index in [-0.39, 0.29) is 11.5 Å². The summed E-state index contributed by atoms with van der Waals surface area (Å²) in [7, 11) is 0. The number of hydrogen-bond acceptors (Lipinski definition) is 3. The Balaban J connectivity index is 2.39. The van der Waals surface area contributed by atoms with Gasteiger partial charge in [0, 0.05) is 5.69 Å². The number of benzene rings is 1. The predicted molar refractivity (Wildman–Crippen MR) is 61.5 cm³/mol. The van der Waals surface area contributed by atoms with Crippen LogP contribution in [0.3, 0.4) is 0 Å². The van der Waals surface area contributed by atoms with Gasteiger partial charge in [0.1, 0.15) is 5.56 Å².